The Labute approximate surface area is 119 Å². The lowest BCUT2D eigenvalue weighted by Gasteiger charge is -2.32. The van der Waals surface area contributed by atoms with E-state index < -0.39 is 5.82 Å². The summed E-state index contributed by atoms with van der Waals surface area (Å²) in [6, 6.07) is 4.48. The van der Waals surface area contributed by atoms with Crippen molar-refractivity contribution in [2.24, 2.45) is 0 Å². The van der Waals surface area contributed by atoms with Gasteiger partial charge in [-0.15, -0.1) is 0 Å². The van der Waals surface area contributed by atoms with Crippen molar-refractivity contribution in [3.8, 4) is 0 Å². The molecule has 0 fully saturated rings. The van der Waals surface area contributed by atoms with Crippen molar-refractivity contribution in [3.63, 3.8) is 0 Å². The van der Waals surface area contributed by atoms with E-state index in [2.05, 4.69) is 0 Å². The highest BCUT2D eigenvalue weighted by Crippen LogP contribution is 2.27. The number of methoxy groups -OCH3 is 2. The van der Waals surface area contributed by atoms with Crippen LogP contribution in [0.2, 0.25) is 0 Å². The molecular weight excluding hydrogens is 261 g/mol. The first-order valence-corrected chi connectivity index (χ1v) is 6.56. The van der Waals surface area contributed by atoms with E-state index >= 15 is 0 Å². The van der Waals surface area contributed by atoms with Gasteiger partial charge in [0.2, 0.25) is 0 Å². The highest BCUT2D eigenvalue weighted by Gasteiger charge is 2.22. The monoisotopic (exact) mass is 283 g/mol. The maximum absolute atomic E-state index is 14.2. The second kappa shape index (κ2) is 7.97. The highest BCUT2D eigenvalue weighted by atomic mass is 19.1. The van der Waals surface area contributed by atoms with Gasteiger partial charge in [-0.25, -0.2) is 4.39 Å². The quantitative estimate of drug-likeness (QED) is 0.687. The van der Waals surface area contributed by atoms with Gasteiger partial charge in [0.25, 0.3) is 0 Å². The van der Waals surface area contributed by atoms with Gasteiger partial charge in [-0.05, 0) is 26.0 Å². The minimum atomic E-state index is -0.406. The summed E-state index contributed by atoms with van der Waals surface area (Å²) < 4.78 is 24.4. The van der Waals surface area contributed by atoms with Crippen LogP contribution in [-0.4, -0.2) is 45.8 Å². The van der Waals surface area contributed by atoms with Crippen LogP contribution in [0.25, 0.3) is 0 Å². The van der Waals surface area contributed by atoms with E-state index in [1.165, 1.54) is 13.0 Å². The van der Waals surface area contributed by atoms with Crippen molar-refractivity contribution in [1.82, 2.24) is 0 Å². The van der Waals surface area contributed by atoms with Crippen molar-refractivity contribution in [1.29, 1.82) is 0 Å². The molecule has 0 heterocycles. The summed E-state index contributed by atoms with van der Waals surface area (Å²) in [5.41, 5.74) is 0.700. The predicted molar refractivity (Wildman–Crippen MR) is 77.0 cm³/mol. The van der Waals surface area contributed by atoms with Gasteiger partial charge >= 0.3 is 0 Å². The summed E-state index contributed by atoms with van der Waals surface area (Å²) in [6.45, 7) is 4.74. The predicted octanol–water partition coefficient (Wildman–Crippen LogP) is 2.52. The first kappa shape index (κ1) is 16.6. The Morgan fingerprint density at radius 2 is 2.05 bits per heavy atom. The molecule has 1 unspecified atom stereocenters. The van der Waals surface area contributed by atoms with Gasteiger partial charge in [0.1, 0.15) is 5.82 Å². The largest absolute Gasteiger partial charge is 0.383 e. The summed E-state index contributed by atoms with van der Waals surface area (Å²) in [5, 5.41) is 0. The molecule has 20 heavy (non-hydrogen) atoms. The van der Waals surface area contributed by atoms with Crippen LogP contribution in [0, 0.1) is 5.82 Å². The van der Waals surface area contributed by atoms with E-state index in [0.29, 0.717) is 31.0 Å². The molecule has 0 radical (unpaired) electrons. The van der Waals surface area contributed by atoms with Crippen LogP contribution in [0.4, 0.5) is 10.1 Å². The summed E-state index contributed by atoms with van der Waals surface area (Å²) in [5.74, 6) is -0.566. The third-order valence-corrected chi connectivity index (χ3v) is 3.13. The van der Waals surface area contributed by atoms with Gasteiger partial charge < -0.3 is 14.4 Å². The number of carbonyl (C=O) groups excluding carboxylic acids is 1. The molecule has 5 heteroatoms. The number of ether oxygens (including phenoxy) is 2. The fourth-order valence-corrected chi connectivity index (χ4v) is 2.16. The average Bonchev–Trinajstić information content (AvgIpc) is 2.40. The molecule has 1 rings (SSSR count). The SMILES string of the molecule is COCCN(c1c(F)cccc1C(C)=O)C(C)COC. The van der Waals surface area contributed by atoms with E-state index in [1.54, 1.807) is 26.4 Å². The minimum Gasteiger partial charge on any atom is -0.383 e. The fourth-order valence-electron chi connectivity index (χ4n) is 2.16. The maximum atomic E-state index is 14.2. The van der Waals surface area contributed by atoms with Crippen molar-refractivity contribution in [2.75, 3.05) is 38.9 Å². The van der Waals surface area contributed by atoms with E-state index in [4.69, 9.17) is 9.47 Å². The van der Waals surface area contributed by atoms with Gasteiger partial charge in [0, 0.05) is 32.4 Å². The average molecular weight is 283 g/mol. The second-order valence-corrected chi connectivity index (χ2v) is 4.68. The van der Waals surface area contributed by atoms with Gasteiger partial charge in [-0.3, -0.25) is 4.79 Å². The molecule has 1 atom stereocenters. The van der Waals surface area contributed by atoms with Crippen molar-refractivity contribution in [2.45, 2.75) is 19.9 Å². The Morgan fingerprint density at radius 3 is 2.60 bits per heavy atom. The molecule has 0 saturated heterocycles. The molecule has 112 valence electrons. The van der Waals surface area contributed by atoms with Gasteiger partial charge in [0.15, 0.2) is 5.78 Å². The molecule has 4 nitrogen and oxygen atoms in total. The molecule has 0 aliphatic heterocycles. The van der Waals surface area contributed by atoms with E-state index in [9.17, 15) is 9.18 Å². The molecular formula is C15H22FNO3. The summed E-state index contributed by atoms with van der Waals surface area (Å²) >= 11 is 0. The smallest absolute Gasteiger partial charge is 0.161 e. The lowest BCUT2D eigenvalue weighted by atomic mass is 10.1. The molecule has 0 bridgehead atoms. The number of Topliss-reactive ketones (excluding diaryl/α,β-unsaturated/α-hetero) is 1. The zero-order valence-corrected chi connectivity index (χ0v) is 12.5. The van der Waals surface area contributed by atoms with Crippen LogP contribution in [-0.2, 0) is 9.47 Å². The first-order chi connectivity index (χ1) is 9.52. The molecule has 0 aliphatic carbocycles. The van der Waals surface area contributed by atoms with Gasteiger partial charge in [0.05, 0.1) is 18.9 Å². The first-order valence-electron chi connectivity index (χ1n) is 6.56. The van der Waals surface area contributed by atoms with Crippen LogP contribution in [0.1, 0.15) is 24.2 Å². The number of para-hydroxylation sites is 1. The molecule has 1 aromatic rings. The van der Waals surface area contributed by atoms with Crippen molar-refractivity contribution < 1.29 is 18.7 Å². The maximum Gasteiger partial charge on any atom is 0.161 e. The Bertz CT molecular complexity index is 451. The number of anilines is 1. The number of nitrogens with zero attached hydrogens (tertiary/aromatic N) is 1. The second-order valence-electron chi connectivity index (χ2n) is 4.68. The summed E-state index contributed by atoms with van der Waals surface area (Å²) in [6.07, 6.45) is 0. The topological polar surface area (TPSA) is 38.8 Å². The van der Waals surface area contributed by atoms with Crippen molar-refractivity contribution in [3.05, 3.63) is 29.6 Å². The van der Waals surface area contributed by atoms with Gasteiger partial charge in [-0.2, -0.15) is 0 Å². The Kier molecular flexibility index (Phi) is 6.61. The molecule has 0 aliphatic rings. The van der Waals surface area contributed by atoms with Crippen LogP contribution in [0.3, 0.4) is 0 Å². The van der Waals surface area contributed by atoms with E-state index in [0.717, 1.165) is 0 Å². The lowest BCUT2D eigenvalue weighted by molar-refractivity contribution is 0.101. The Hall–Kier alpha value is -1.46. The Balaban J connectivity index is 3.21. The number of benzene rings is 1. The van der Waals surface area contributed by atoms with Crippen LogP contribution in [0.15, 0.2) is 18.2 Å². The number of carbonyl (C=O) groups is 1. The third-order valence-electron chi connectivity index (χ3n) is 3.13. The number of halogens is 1. The fraction of sp³-hybridized carbons (Fsp3) is 0.533. The van der Waals surface area contributed by atoms with Crippen LogP contribution in [0.5, 0.6) is 0 Å². The number of ketones is 1. The zero-order valence-electron chi connectivity index (χ0n) is 12.5. The molecule has 0 amide bonds. The zero-order chi connectivity index (χ0) is 15.1. The number of rotatable bonds is 8. The minimum absolute atomic E-state index is 0.0647. The van der Waals surface area contributed by atoms with Crippen molar-refractivity contribution >= 4 is 11.5 Å². The molecule has 0 aromatic heterocycles. The van der Waals surface area contributed by atoms with E-state index in [1.807, 2.05) is 11.8 Å². The standard InChI is InChI=1S/C15H22FNO3/c1-11(10-20-4)17(8-9-19-3)15-13(12(2)18)6-5-7-14(15)16/h5-7,11H,8-10H2,1-4H3. The molecule has 0 spiro atoms. The molecule has 0 N–H and O–H groups in total. The third kappa shape index (κ3) is 4.02. The summed E-state index contributed by atoms with van der Waals surface area (Å²) in [7, 11) is 3.19. The summed E-state index contributed by atoms with van der Waals surface area (Å²) in [4.78, 5) is 13.5. The normalized spacial score (nSPS) is 12.2. The van der Waals surface area contributed by atoms with E-state index in [-0.39, 0.29) is 11.8 Å². The van der Waals surface area contributed by atoms with Crippen LogP contribution < -0.4 is 4.90 Å². The highest BCUT2D eigenvalue weighted by molar-refractivity contribution is 5.99. The molecule has 0 saturated carbocycles. The van der Waals surface area contributed by atoms with Gasteiger partial charge in [-0.1, -0.05) is 6.07 Å². The Morgan fingerprint density at radius 1 is 1.35 bits per heavy atom. The number of hydrogen-bond donors (Lipinski definition) is 0. The van der Waals surface area contributed by atoms with Crippen LogP contribution >= 0.6 is 0 Å². The molecule has 1 aromatic carbocycles. The lowest BCUT2D eigenvalue weighted by Crippen LogP contribution is -2.40. The number of hydrogen-bond acceptors (Lipinski definition) is 4.